The maximum absolute atomic E-state index is 12.0. The average molecular weight is 331 g/mol. The van der Waals surface area contributed by atoms with Gasteiger partial charge in [0, 0.05) is 17.8 Å². The van der Waals surface area contributed by atoms with Crippen LogP contribution in [0.1, 0.15) is 41.0 Å². The van der Waals surface area contributed by atoms with Crippen molar-refractivity contribution in [3.63, 3.8) is 0 Å². The normalized spacial score (nSPS) is 19.0. The van der Waals surface area contributed by atoms with E-state index in [-0.39, 0.29) is 11.6 Å². The maximum atomic E-state index is 12.0. The van der Waals surface area contributed by atoms with Gasteiger partial charge in [0.25, 0.3) is 5.56 Å². The molecule has 3 aromatic rings. The molecule has 1 unspecified atom stereocenters. The summed E-state index contributed by atoms with van der Waals surface area (Å²) in [4.78, 5) is 19.3. The van der Waals surface area contributed by atoms with Crippen LogP contribution in [-0.4, -0.2) is 31.2 Å². The summed E-state index contributed by atoms with van der Waals surface area (Å²) >= 11 is 1.47. The van der Waals surface area contributed by atoms with E-state index < -0.39 is 0 Å². The van der Waals surface area contributed by atoms with Gasteiger partial charge in [0.2, 0.25) is 4.96 Å². The highest BCUT2D eigenvalue weighted by atomic mass is 32.1. The Morgan fingerprint density at radius 2 is 2.26 bits per heavy atom. The van der Waals surface area contributed by atoms with E-state index in [1.807, 2.05) is 19.9 Å². The van der Waals surface area contributed by atoms with Gasteiger partial charge < -0.3 is 4.52 Å². The van der Waals surface area contributed by atoms with Crippen LogP contribution in [-0.2, 0) is 6.54 Å². The first kappa shape index (κ1) is 14.5. The Morgan fingerprint density at radius 1 is 1.39 bits per heavy atom. The molecule has 120 valence electrons. The van der Waals surface area contributed by atoms with Gasteiger partial charge in [-0.1, -0.05) is 16.5 Å². The van der Waals surface area contributed by atoms with Gasteiger partial charge in [-0.05, 0) is 33.2 Å². The summed E-state index contributed by atoms with van der Waals surface area (Å²) in [6.07, 6.45) is 2.19. The second-order valence-electron chi connectivity index (χ2n) is 5.92. The van der Waals surface area contributed by atoms with Crippen LogP contribution in [0.25, 0.3) is 4.96 Å². The number of aryl methyl sites for hydroxylation is 2. The zero-order chi connectivity index (χ0) is 16.0. The molecule has 0 aliphatic carbocycles. The van der Waals surface area contributed by atoms with Crippen LogP contribution in [0.3, 0.4) is 0 Å². The van der Waals surface area contributed by atoms with Gasteiger partial charge in [0.05, 0.1) is 12.6 Å². The van der Waals surface area contributed by atoms with Gasteiger partial charge in [-0.3, -0.25) is 9.69 Å². The molecule has 0 spiro atoms. The first-order valence-corrected chi connectivity index (χ1v) is 8.45. The topological polar surface area (TPSA) is 76.5 Å². The van der Waals surface area contributed by atoms with Crippen molar-refractivity contribution in [2.24, 2.45) is 0 Å². The minimum Gasteiger partial charge on any atom is -0.361 e. The summed E-state index contributed by atoms with van der Waals surface area (Å²) in [5.74, 6) is 0.832. The number of hydrogen-bond acceptors (Lipinski definition) is 7. The van der Waals surface area contributed by atoms with Crippen molar-refractivity contribution in [2.75, 3.05) is 6.54 Å². The highest BCUT2D eigenvalue weighted by Crippen LogP contribution is 2.33. The molecule has 4 rings (SSSR count). The molecule has 0 saturated carbocycles. The largest absolute Gasteiger partial charge is 0.361 e. The van der Waals surface area contributed by atoms with Crippen molar-refractivity contribution in [2.45, 2.75) is 39.3 Å². The molecule has 1 aliphatic rings. The monoisotopic (exact) mass is 331 g/mol. The molecule has 1 saturated heterocycles. The summed E-state index contributed by atoms with van der Waals surface area (Å²) in [6.45, 7) is 5.42. The Morgan fingerprint density at radius 3 is 3.04 bits per heavy atom. The smallest absolute Gasteiger partial charge is 0.275 e. The minimum atomic E-state index is -0.125. The number of fused-ring (bicyclic) bond motifs is 1. The molecule has 0 radical (unpaired) electrons. The predicted molar refractivity (Wildman–Crippen MR) is 85.5 cm³/mol. The zero-order valence-corrected chi connectivity index (χ0v) is 13.8. The third-order valence-electron chi connectivity index (χ3n) is 4.10. The maximum Gasteiger partial charge on any atom is 0.275 e. The van der Waals surface area contributed by atoms with Crippen molar-refractivity contribution in [3.8, 4) is 0 Å². The number of hydrogen-bond donors (Lipinski definition) is 0. The summed E-state index contributed by atoms with van der Waals surface area (Å²) in [7, 11) is 0. The summed E-state index contributed by atoms with van der Waals surface area (Å²) in [5.41, 5.74) is 1.58. The number of likely N-dealkylation sites (tertiary alicyclic amines) is 1. The van der Waals surface area contributed by atoms with E-state index in [1.54, 1.807) is 0 Å². The van der Waals surface area contributed by atoms with Gasteiger partial charge in [-0.25, -0.2) is 4.98 Å². The molecular weight excluding hydrogens is 314 g/mol. The fourth-order valence-electron chi connectivity index (χ4n) is 3.09. The molecule has 0 amide bonds. The Balaban J connectivity index is 1.62. The average Bonchev–Trinajstić information content (AvgIpc) is 3.18. The quantitative estimate of drug-likeness (QED) is 0.731. The highest BCUT2D eigenvalue weighted by molar-refractivity contribution is 7.16. The molecular formula is C15H17N5O2S. The SMILES string of the molecule is Cc1cc(=O)n2nc(CN3CCCC3c3cc(C)on3)sc2n1. The standard InChI is InChI=1S/C15H17N5O2S/c1-9-6-14(21)20-15(16-9)23-13(17-20)8-19-5-3-4-12(19)11-7-10(2)22-18-11/h6-7,12H,3-5,8H2,1-2H3. The van der Waals surface area contributed by atoms with Crippen LogP contribution in [0, 0.1) is 13.8 Å². The van der Waals surface area contributed by atoms with Crippen molar-refractivity contribution >= 4 is 16.3 Å². The van der Waals surface area contributed by atoms with Crippen molar-refractivity contribution in [1.29, 1.82) is 0 Å². The van der Waals surface area contributed by atoms with E-state index in [1.165, 1.54) is 21.9 Å². The predicted octanol–water partition coefficient (Wildman–Crippen LogP) is 2.09. The summed E-state index contributed by atoms with van der Waals surface area (Å²) < 4.78 is 6.59. The third-order valence-corrected chi connectivity index (χ3v) is 5.00. The van der Waals surface area contributed by atoms with Gasteiger partial charge in [0.15, 0.2) is 0 Å². The summed E-state index contributed by atoms with van der Waals surface area (Å²) in [6, 6.07) is 3.76. The van der Waals surface area contributed by atoms with E-state index in [0.717, 1.165) is 41.5 Å². The van der Waals surface area contributed by atoms with E-state index >= 15 is 0 Å². The number of rotatable bonds is 3. The Labute approximate surface area is 136 Å². The fraction of sp³-hybridized carbons (Fsp3) is 0.467. The van der Waals surface area contributed by atoms with Crippen molar-refractivity contribution in [3.05, 3.63) is 44.6 Å². The lowest BCUT2D eigenvalue weighted by molar-refractivity contribution is 0.235. The lowest BCUT2D eigenvalue weighted by Gasteiger charge is -2.20. The van der Waals surface area contributed by atoms with Crippen LogP contribution in [0.5, 0.6) is 0 Å². The molecule has 4 heterocycles. The molecule has 7 nitrogen and oxygen atoms in total. The third kappa shape index (κ3) is 2.68. The first-order chi connectivity index (χ1) is 11.1. The van der Waals surface area contributed by atoms with Gasteiger partial charge in [-0.15, -0.1) is 0 Å². The Bertz CT molecular complexity index is 912. The molecule has 23 heavy (non-hydrogen) atoms. The molecule has 0 aromatic carbocycles. The molecule has 0 bridgehead atoms. The molecule has 3 aromatic heterocycles. The van der Waals surface area contributed by atoms with E-state index in [9.17, 15) is 4.79 Å². The van der Waals surface area contributed by atoms with Crippen LogP contribution in [0.15, 0.2) is 21.5 Å². The molecule has 1 aliphatic heterocycles. The lowest BCUT2D eigenvalue weighted by atomic mass is 10.1. The van der Waals surface area contributed by atoms with Gasteiger partial charge in [-0.2, -0.15) is 9.61 Å². The second-order valence-corrected chi connectivity index (χ2v) is 6.96. The Kier molecular flexibility index (Phi) is 3.50. The molecule has 0 N–H and O–H groups in total. The zero-order valence-electron chi connectivity index (χ0n) is 13.0. The number of nitrogens with zero attached hydrogens (tertiary/aromatic N) is 5. The number of aromatic nitrogens is 4. The molecule has 8 heteroatoms. The van der Waals surface area contributed by atoms with Crippen LogP contribution in [0.2, 0.25) is 0 Å². The Hall–Kier alpha value is -2.06. The van der Waals surface area contributed by atoms with Crippen molar-refractivity contribution in [1.82, 2.24) is 24.7 Å². The van der Waals surface area contributed by atoms with Crippen LogP contribution < -0.4 is 5.56 Å². The van der Waals surface area contributed by atoms with Crippen LogP contribution >= 0.6 is 11.3 Å². The summed E-state index contributed by atoms with van der Waals surface area (Å²) in [5, 5.41) is 9.48. The van der Waals surface area contributed by atoms with E-state index in [0.29, 0.717) is 11.5 Å². The lowest BCUT2D eigenvalue weighted by Crippen LogP contribution is -2.23. The van der Waals surface area contributed by atoms with Gasteiger partial charge >= 0.3 is 0 Å². The van der Waals surface area contributed by atoms with Crippen molar-refractivity contribution < 1.29 is 4.52 Å². The van der Waals surface area contributed by atoms with E-state index in [2.05, 4.69) is 20.1 Å². The molecule has 1 atom stereocenters. The van der Waals surface area contributed by atoms with Gasteiger partial charge in [0.1, 0.15) is 16.5 Å². The van der Waals surface area contributed by atoms with Crippen LogP contribution in [0.4, 0.5) is 0 Å². The van der Waals surface area contributed by atoms with E-state index in [4.69, 9.17) is 4.52 Å². The second kappa shape index (κ2) is 5.54. The fourth-order valence-corrected chi connectivity index (χ4v) is 4.06. The first-order valence-electron chi connectivity index (χ1n) is 7.64. The highest BCUT2D eigenvalue weighted by Gasteiger charge is 2.29. The minimum absolute atomic E-state index is 0.125. The molecule has 1 fully saturated rings.